The van der Waals surface area contributed by atoms with Gasteiger partial charge in [-0.2, -0.15) is 9.97 Å². The van der Waals surface area contributed by atoms with E-state index < -0.39 is 24.3 Å². The number of amides is 3. The summed E-state index contributed by atoms with van der Waals surface area (Å²) >= 11 is 0. The van der Waals surface area contributed by atoms with Crippen LogP contribution in [0.25, 0.3) is 11.2 Å². The van der Waals surface area contributed by atoms with Crippen molar-refractivity contribution in [1.29, 1.82) is 0 Å². The van der Waals surface area contributed by atoms with Gasteiger partial charge in [0.1, 0.15) is 23.7 Å². The number of nitrogens with one attached hydrogen (secondary N) is 4. The largest absolute Gasteiger partial charge is 0.508 e. The van der Waals surface area contributed by atoms with E-state index in [4.69, 9.17) is 9.97 Å². The van der Waals surface area contributed by atoms with Crippen molar-refractivity contribution in [3.8, 4) is 11.5 Å². The number of fused-ring (bicyclic) bond motifs is 1. The molecular formula is C37H42N10O6. The van der Waals surface area contributed by atoms with Crippen molar-refractivity contribution in [1.82, 2.24) is 35.1 Å². The number of phenols is 2. The van der Waals surface area contributed by atoms with E-state index in [1.165, 1.54) is 0 Å². The number of carbonyl (C=O) groups excluding carboxylic acids is 2. The molecular weight excluding hydrogens is 680 g/mol. The maximum atomic E-state index is 12.8. The first-order valence-electron chi connectivity index (χ1n) is 17.6. The highest BCUT2D eigenvalue weighted by molar-refractivity contribution is 5.89. The van der Waals surface area contributed by atoms with Crippen LogP contribution in [-0.4, -0.2) is 101 Å². The van der Waals surface area contributed by atoms with Crippen molar-refractivity contribution in [2.24, 2.45) is 0 Å². The number of aromatic nitrogens is 5. The SMILES string of the molecule is CCC(=O)N[C@H]1C[C@@H](n2cnc3c(NCC(c4ccc(O)cc4)c4ccc(O)cc4)nc(N4CCC(NC(=O)Nc5cccnc5)C4)nc32)[C@H](O)[C@@H]1O. The first kappa shape index (κ1) is 35.4. The summed E-state index contributed by atoms with van der Waals surface area (Å²) in [4.78, 5) is 45.5. The van der Waals surface area contributed by atoms with Crippen molar-refractivity contribution in [2.45, 2.75) is 62.4 Å². The Balaban J connectivity index is 1.19. The Morgan fingerprint density at radius 2 is 1.66 bits per heavy atom. The minimum absolute atomic E-state index is 0.141. The Hall–Kier alpha value is -6.00. The summed E-state index contributed by atoms with van der Waals surface area (Å²) in [6.45, 7) is 3.05. The van der Waals surface area contributed by atoms with Crippen LogP contribution < -0.4 is 26.2 Å². The van der Waals surface area contributed by atoms with Gasteiger partial charge in [-0.3, -0.25) is 9.78 Å². The lowest BCUT2D eigenvalue weighted by molar-refractivity contribution is -0.122. The fourth-order valence-corrected chi connectivity index (χ4v) is 7.04. The lowest BCUT2D eigenvalue weighted by atomic mass is 9.91. The molecule has 0 radical (unpaired) electrons. The molecule has 1 saturated carbocycles. The second-order valence-electron chi connectivity index (χ2n) is 13.4. The fourth-order valence-electron chi connectivity index (χ4n) is 7.04. The minimum Gasteiger partial charge on any atom is -0.508 e. The fraction of sp³-hybridized carbons (Fsp3) is 0.351. The summed E-state index contributed by atoms with van der Waals surface area (Å²) in [6, 6.07) is 15.5. The topological polar surface area (TPSA) is 223 Å². The summed E-state index contributed by atoms with van der Waals surface area (Å²) in [7, 11) is 0. The van der Waals surface area contributed by atoms with Gasteiger partial charge in [-0.15, -0.1) is 0 Å². The number of aromatic hydroxyl groups is 2. The summed E-state index contributed by atoms with van der Waals surface area (Å²) in [5, 5.41) is 54.1. The Labute approximate surface area is 305 Å². The maximum absolute atomic E-state index is 12.8. The number of phenolic OH excluding ortho intramolecular Hbond substituents is 2. The molecule has 1 saturated heterocycles. The normalized spacial score (nSPS) is 21.2. The third kappa shape index (κ3) is 7.78. The van der Waals surface area contributed by atoms with Crippen LogP contribution in [0.1, 0.15) is 49.3 Å². The molecule has 1 unspecified atom stereocenters. The number of aliphatic hydroxyl groups is 2. The molecule has 1 aliphatic heterocycles. The number of pyridine rings is 1. The molecule has 7 rings (SSSR count). The average Bonchev–Trinajstić information content (AvgIpc) is 3.88. The number of benzene rings is 2. The van der Waals surface area contributed by atoms with Gasteiger partial charge in [-0.25, -0.2) is 9.78 Å². The molecule has 53 heavy (non-hydrogen) atoms. The number of aliphatic hydroxyl groups excluding tert-OH is 2. The van der Waals surface area contributed by atoms with Gasteiger partial charge in [0.2, 0.25) is 11.9 Å². The molecule has 5 atom stereocenters. The molecule has 0 spiro atoms. The highest BCUT2D eigenvalue weighted by Gasteiger charge is 2.44. The van der Waals surface area contributed by atoms with Crippen molar-refractivity contribution in [3.63, 3.8) is 0 Å². The lowest BCUT2D eigenvalue weighted by Gasteiger charge is -2.22. The zero-order valence-corrected chi connectivity index (χ0v) is 29.0. The van der Waals surface area contributed by atoms with Crippen molar-refractivity contribution >= 4 is 40.6 Å². The van der Waals surface area contributed by atoms with Gasteiger partial charge in [-0.1, -0.05) is 31.2 Å². The van der Waals surface area contributed by atoms with E-state index in [0.29, 0.717) is 54.7 Å². The van der Waals surface area contributed by atoms with E-state index in [9.17, 15) is 30.0 Å². The van der Waals surface area contributed by atoms with Crippen LogP contribution in [0.5, 0.6) is 11.5 Å². The third-order valence-electron chi connectivity index (χ3n) is 9.88. The molecule has 16 heteroatoms. The number of nitrogens with zero attached hydrogens (tertiary/aromatic N) is 6. The van der Waals surface area contributed by atoms with Gasteiger partial charge in [0.15, 0.2) is 17.0 Å². The average molecular weight is 723 g/mol. The minimum atomic E-state index is -1.20. The van der Waals surface area contributed by atoms with Gasteiger partial charge in [-0.05, 0) is 60.4 Å². The van der Waals surface area contributed by atoms with Gasteiger partial charge in [0.25, 0.3) is 0 Å². The molecule has 4 heterocycles. The highest BCUT2D eigenvalue weighted by atomic mass is 16.3. The predicted molar refractivity (Wildman–Crippen MR) is 197 cm³/mol. The standard InChI is InChI=1S/C37H42N10O6/c1-2-30(50)43-28-16-29(33(52)32(28)51)47-20-40-31-34(39-18-27(21-5-9-25(48)10-6-21)22-7-11-26(49)12-8-22)44-36(45-35(31)47)46-15-13-24(19-46)42-37(53)41-23-4-3-14-38-17-23/h3-12,14,17,20,24,27-29,32-33,48-49,51-52H,2,13,15-16,18-19H2,1H3,(H,43,50)(H,39,44,45)(H2,41,42,53)/t24?,28-,29+,32+,33-/m0/s1. The van der Waals surface area contributed by atoms with Gasteiger partial charge in [0.05, 0.1) is 30.3 Å². The number of rotatable bonds is 11. The maximum Gasteiger partial charge on any atom is 0.319 e. The molecule has 2 aliphatic rings. The van der Waals surface area contributed by atoms with E-state index in [1.807, 2.05) is 29.2 Å². The number of hydrogen-bond donors (Lipinski definition) is 8. The first-order chi connectivity index (χ1) is 25.7. The molecule has 276 valence electrons. The molecule has 16 nitrogen and oxygen atoms in total. The lowest BCUT2D eigenvalue weighted by Crippen LogP contribution is -2.42. The molecule has 5 aromatic rings. The molecule has 0 bridgehead atoms. The molecule has 8 N–H and O–H groups in total. The Morgan fingerprint density at radius 1 is 0.943 bits per heavy atom. The molecule has 2 fully saturated rings. The second-order valence-corrected chi connectivity index (χ2v) is 13.4. The Morgan fingerprint density at radius 3 is 2.32 bits per heavy atom. The number of hydrogen-bond acceptors (Lipinski definition) is 12. The first-order valence-corrected chi connectivity index (χ1v) is 17.6. The van der Waals surface area contributed by atoms with Gasteiger partial charge < -0.3 is 51.2 Å². The van der Waals surface area contributed by atoms with Crippen LogP contribution in [0, 0.1) is 0 Å². The highest BCUT2D eigenvalue weighted by Crippen LogP contribution is 2.36. The Bertz CT molecular complexity index is 2000. The Kier molecular flexibility index (Phi) is 10.2. The summed E-state index contributed by atoms with van der Waals surface area (Å²) in [6.07, 6.45) is 3.51. The monoisotopic (exact) mass is 722 g/mol. The zero-order chi connectivity index (χ0) is 37.1. The zero-order valence-electron chi connectivity index (χ0n) is 29.0. The van der Waals surface area contributed by atoms with Crippen LogP contribution >= 0.6 is 0 Å². The number of carbonyl (C=O) groups is 2. The van der Waals surface area contributed by atoms with Crippen LogP contribution in [0.3, 0.4) is 0 Å². The van der Waals surface area contributed by atoms with Crippen molar-refractivity contribution in [2.75, 3.05) is 35.2 Å². The molecule has 1 aliphatic carbocycles. The van der Waals surface area contributed by atoms with Crippen LogP contribution in [0.4, 0.5) is 22.2 Å². The van der Waals surface area contributed by atoms with E-state index >= 15 is 0 Å². The van der Waals surface area contributed by atoms with Crippen molar-refractivity contribution in [3.05, 3.63) is 90.5 Å². The predicted octanol–water partition coefficient (Wildman–Crippen LogP) is 2.84. The van der Waals surface area contributed by atoms with Crippen LogP contribution in [0.2, 0.25) is 0 Å². The van der Waals surface area contributed by atoms with E-state index in [2.05, 4.69) is 31.2 Å². The van der Waals surface area contributed by atoms with E-state index in [-0.39, 0.29) is 48.2 Å². The number of imidazole rings is 1. The van der Waals surface area contributed by atoms with Gasteiger partial charge >= 0.3 is 6.03 Å². The summed E-state index contributed by atoms with van der Waals surface area (Å²) in [5.41, 5.74) is 3.27. The summed E-state index contributed by atoms with van der Waals surface area (Å²) in [5.74, 6) is 0.649. The smallest absolute Gasteiger partial charge is 0.319 e. The van der Waals surface area contributed by atoms with Crippen molar-refractivity contribution < 1.29 is 30.0 Å². The number of anilines is 3. The van der Waals surface area contributed by atoms with Crippen LogP contribution in [-0.2, 0) is 4.79 Å². The van der Waals surface area contributed by atoms with Crippen LogP contribution in [0.15, 0.2) is 79.4 Å². The third-order valence-corrected chi connectivity index (χ3v) is 9.88. The molecule has 3 amide bonds. The van der Waals surface area contributed by atoms with E-state index in [0.717, 1.165) is 11.1 Å². The van der Waals surface area contributed by atoms with E-state index in [1.54, 1.807) is 66.6 Å². The molecule has 3 aromatic heterocycles. The quantitative estimate of drug-likeness (QED) is 0.0986. The summed E-state index contributed by atoms with van der Waals surface area (Å²) < 4.78 is 1.72. The van der Waals surface area contributed by atoms with Gasteiger partial charge in [0, 0.05) is 44.2 Å². The second kappa shape index (κ2) is 15.3. The number of urea groups is 1. The molecule has 2 aromatic carbocycles.